The van der Waals surface area contributed by atoms with E-state index < -0.39 is 0 Å². The van der Waals surface area contributed by atoms with Gasteiger partial charge in [0.25, 0.3) is 0 Å². The van der Waals surface area contributed by atoms with Crippen LogP contribution >= 0.6 is 0 Å². The van der Waals surface area contributed by atoms with Gasteiger partial charge >= 0.3 is 0 Å². The van der Waals surface area contributed by atoms with Gasteiger partial charge in [-0.2, -0.15) is 0 Å². The highest BCUT2D eigenvalue weighted by Gasteiger charge is 2.20. The molecule has 0 radical (unpaired) electrons. The number of para-hydroxylation sites is 1. The van der Waals surface area contributed by atoms with Crippen molar-refractivity contribution in [2.45, 2.75) is 40.5 Å². The van der Waals surface area contributed by atoms with E-state index in [2.05, 4.69) is 24.3 Å². The molecule has 0 saturated carbocycles. The third-order valence-electron chi connectivity index (χ3n) is 3.77. The molecule has 128 valence electrons. The third-order valence-corrected chi connectivity index (χ3v) is 3.77. The zero-order valence-corrected chi connectivity index (χ0v) is 14.7. The maximum absolute atomic E-state index is 12.5. The van der Waals surface area contributed by atoms with Crippen LogP contribution in [0.2, 0.25) is 0 Å². The van der Waals surface area contributed by atoms with E-state index >= 15 is 0 Å². The molecule has 24 heavy (non-hydrogen) atoms. The summed E-state index contributed by atoms with van der Waals surface area (Å²) in [5.74, 6) is 0.651. The minimum Gasteiger partial charge on any atom is -0.360 e. The van der Waals surface area contributed by atoms with Gasteiger partial charge in [0.1, 0.15) is 12.3 Å². The number of hydrogen-bond acceptors (Lipinski definition) is 4. The van der Waals surface area contributed by atoms with Crippen LogP contribution in [-0.4, -0.2) is 23.5 Å². The maximum Gasteiger partial charge on any atom is 0.244 e. The van der Waals surface area contributed by atoms with Gasteiger partial charge in [-0.05, 0) is 30.9 Å². The molecule has 1 aromatic carbocycles. The molecule has 0 aliphatic rings. The Bertz CT molecular complexity index is 750. The highest BCUT2D eigenvalue weighted by molar-refractivity contribution is 6.01. The summed E-state index contributed by atoms with van der Waals surface area (Å²) >= 11 is 0. The second-order valence-corrected chi connectivity index (χ2v) is 6.14. The van der Waals surface area contributed by atoms with Crippen molar-refractivity contribution in [1.82, 2.24) is 5.16 Å². The molecule has 0 aliphatic carbocycles. The summed E-state index contributed by atoms with van der Waals surface area (Å²) in [6.07, 6.45) is 0. The lowest BCUT2D eigenvalue weighted by Crippen LogP contribution is -2.37. The van der Waals surface area contributed by atoms with Crippen molar-refractivity contribution in [3.8, 4) is 0 Å². The Balaban J connectivity index is 2.19. The van der Waals surface area contributed by atoms with Crippen LogP contribution in [0.5, 0.6) is 0 Å². The van der Waals surface area contributed by atoms with Crippen LogP contribution in [0, 0.1) is 13.8 Å². The van der Waals surface area contributed by atoms with Gasteiger partial charge in [-0.3, -0.25) is 14.5 Å². The topological polar surface area (TPSA) is 75.4 Å². The van der Waals surface area contributed by atoms with Crippen LogP contribution in [0.15, 0.2) is 28.8 Å². The molecule has 6 nitrogen and oxygen atoms in total. The predicted octanol–water partition coefficient (Wildman–Crippen LogP) is 3.41. The Kier molecular flexibility index (Phi) is 5.39. The number of rotatable bonds is 5. The monoisotopic (exact) mass is 329 g/mol. The van der Waals surface area contributed by atoms with Crippen LogP contribution < -0.4 is 10.2 Å². The van der Waals surface area contributed by atoms with E-state index in [1.165, 1.54) is 11.8 Å². The van der Waals surface area contributed by atoms with Gasteiger partial charge < -0.3 is 9.84 Å². The molecule has 2 aromatic rings. The smallest absolute Gasteiger partial charge is 0.244 e. The Morgan fingerprint density at radius 2 is 2.00 bits per heavy atom. The first kappa shape index (κ1) is 17.7. The van der Waals surface area contributed by atoms with Gasteiger partial charge in [0.2, 0.25) is 11.8 Å². The fourth-order valence-corrected chi connectivity index (χ4v) is 2.50. The lowest BCUT2D eigenvalue weighted by Gasteiger charge is -2.20. The molecule has 1 heterocycles. The molecule has 0 spiro atoms. The average molecular weight is 329 g/mol. The Morgan fingerprint density at radius 1 is 1.29 bits per heavy atom. The first-order valence-electron chi connectivity index (χ1n) is 7.90. The normalized spacial score (nSPS) is 10.8. The third kappa shape index (κ3) is 4.01. The fourth-order valence-electron chi connectivity index (χ4n) is 2.50. The first-order valence-corrected chi connectivity index (χ1v) is 7.90. The Hall–Kier alpha value is -2.63. The van der Waals surface area contributed by atoms with E-state index in [9.17, 15) is 9.59 Å². The van der Waals surface area contributed by atoms with Crippen LogP contribution in [-0.2, 0) is 9.59 Å². The van der Waals surface area contributed by atoms with Crippen LogP contribution in [0.3, 0.4) is 0 Å². The van der Waals surface area contributed by atoms with Crippen molar-refractivity contribution in [1.29, 1.82) is 0 Å². The summed E-state index contributed by atoms with van der Waals surface area (Å²) in [7, 11) is 0. The molecule has 6 heteroatoms. The van der Waals surface area contributed by atoms with Crippen molar-refractivity contribution < 1.29 is 14.1 Å². The van der Waals surface area contributed by atoms with Gasteiger partial charge in [0.15, 0.2) is 5.82 Å². The SMILES string of the molecule is CC(=O)N(CC(=O)Nc1c(C)cccc1C(C)C)c1cc(C)on1. The molecule has 0 bridgehead atoms. The number of benzene rings is 1. The van der Waals surface area contributed by atoms with Crippen molar-refractivity contribution in [2.24, 2.45) is 0 Å². The first-order chi connectivity index (χ1) is 11.3. The minimum absolute atomic E-state index is 0.118. The second kappa shape index (κ2) is 7.29. The molecule has 0 unspecified atom stereocenters. The van der Waals surface area contributed by atoms with E-state index in [0.29, 0.717) is 11.6 Å². The van der Waals surface area contributed by atoms with Gasteiger partial charge in [-0.1, -0.05) is 37.2 Å². The van der Waals surface area contributed by atoms with Gasteiger partial charge in [0, 0.05) is 18.7 Å². The number of aromatic nitrogens is 1. The average Bonchev–Trinajstić information content (AvgIpc) is 2.92. The number of anilines is 2. The summed E-state index contributed by atoms with van der Waals surface area (Å²) in [5.41, 5.74) is 2.86. The number of amides is 2. The number of carbonyl (C=O) groups excluding carboxylic acids is 2. The molecule has 2 rings (SSSR count). The number of nitrogens with zero attached hydrogens (tertiary/aromatic N) is 2. The second-order valence-electron chi connectivity index (χ2n) is 6.14. The van der Waals surface area contributed by atoms with E-state index in [1.807, 2.05) is 25.1 Å². The number of nitrogens with one attached hydrogen (secondary N) is 1. The molecule has 0 fully saturated rings. The van der Waals surface area contributed by atoms with Gasteiger partial charge in [-0.15, -0.1) is 0 Å². The lowest BCUT2D eigenvalue weighted by atomic mass is 9.98. The quantitative estimate of drug-likeness (QED) is 0.912. The summed E-state index contributed by atoms with van der Waals surface area (Å²) in [5, 5.41) is 6.74. The van der Waals surface area contributed by atoms with Crippen molar-refractivity contribution in [2.75, 3.05) is 16.8 Å². The zero-order chi connectivity index (χ0) is 17.9. The van der Waals surface area contributed by atoms with Gasteiger partial charge in [-0.25, -0.2) is 0 Å². The highest BCUT2D eigenvalue weighted by atomic mass is 16.5. The summed E-state index contributed by atoms with van der Waals surface area (Å²) in [4.78, 5) is 25.6. The summed E-state index contributed by atoms with van der Waals surface area (Å²) in [6.45, 7) is 9.11. The largest absolute Gasteiger partial charge is 0.360 e. The van der Waals surface area contributed by atoms with Crippen molar-refractivity contribution >= 4 is 23.3 Å². The predicted molar refractivity (Wildman–Crippen MR) is 93.2 cm³/mol. The maximum atomic E-state index is 12.5. The number of carbonyl (C=O) groups is 2. The van der Waals surface area contributed by atoms with Crippen molar-refractivity contribution in [3.05, 3.63) is 41.2 Å². The number of hydrogen-bond donors (Lipinski definition) is 1. The molecule has 0 aliphatic heterocycles. The fraction of sp³-hybridized carbons (Fsp3) is 0.389. The zero-order valence-electron chi connectivity index (χ0n) is 14.7. The summed E-state index contributed by atoms with van der Waals surface area (Å²) in [6, 6.07) is 7.55. The van der Waals surface area contributed by atoms with Crippen molar-refractivity contribution in [3.63, 3.8) is 0 Å². The van der Waals surface area contributed by atoms with Gasteiger partial charge in [0.05, 0.1) is 0 Å². The van der Waals surface area contributed by atoms with E-state index in [4.69, 9.17) is 4.52 Å². The molecule has 1 N–H and O–H groups in total. The molecule has 1 aromatic heterocycles. The van der Waals surface area contributed by atoms with Crippen LogP contribution in [0.4, 0.5) is 11.5 Å². The standard InChI is InChI=1S/C18H23N3O3/c1-11(2)15-8-6-7-12(3)18(15)19-17(23)10-21(14(5)22)16-9-13(4)24-20-16/h6-9,11H,10H2,1-5H3,(H,19,23). The molecule has 0 atom stereocenters. The molecule has 0 saturated heterocycles. The van der Waals surface area contributed by atoms with E-state index in [1.54, 1.807) is 13.0 Å². The van der Waals surface area contributed by atoms with E-state index in [0.717, 1.165) is 16.8 Å². The minimum atomic E-state index is -0.276. The Morgan fingerprint density at radius 3 is 2.54 bits per heavy atom. The van der Waals surface area contributed by atoms with Crippen LogP contribution in [0.25, 0.3) is 0 Å². The van der Waals surface area contributed by atoms with E-state index in [-0.39, 0.29) is 24.3 Å². The molecular formula is C18H23N3O3. The molecule has 2 amide bonds. The lowest BCUT2D eigenvalue weighted by molar-refractivity contribution is -0.120. The van der Waals surface area contributed by atoms with Crippen LogP contribution in [0.1, 0.15) is 43.6 Å². The summed E-state index contributed by atoms with van der Waals surface area (Å²) < 4.78 is 4.99. The highest BCUT2D eigenvalue weighted by Crippen LogP contribution is 2.27. The number of aryl methyl sites for hydroxylation is 2. The molecular weight excluding hydrogens is 306 g/mol. The Labute approximate surface area is 141 Å².